The minimum absolute atomic E-state index is 0.0974. The molecule has 21 atom stereocenters. The number of aliphatic hydroxyl groups excluding tert-OH is 7. The lowest BCUT2D eigenvalue weighted by molar-refractivity contribution is -0.364. The zero-order valence-electron chi connectivity index (χ0n) is 30.7. The first-order chi connectivity index (χ1) is 24.3. The zero-order chi connectivity index (χ0) is 36.1. The quantitative estimate of drug-likeness (QED) is 0.196. The normalized spacial score (nSPS) is 57.1. The van der Waals surface area contributed by atoms with E-state index >= 15 is 0 Å². The van der Waals surface area contributed by atoms with Gasteiger partial charge in [-0.25, -0.2) is 0 Å². The van der Waals surface area contributed by atoms with Crippen LogP contribution in [0.4, 0.5) is 0 Å². The van der Waals surface area contributed by atoms with Crippen molar-refractivity contribution < 1.29 is 54.7 Å². The maximum absolute atomic E-state index is 11.4. The van der Waals surface area contributed by atoms with Gasteiger partial charge < -0.3 is 54.7 Å². The Balaban J connectivity index is 0.951. The zero-order valence-corrected chi connectivity index (χ0v) is 30.7. The second-order valence-electron chi connectivity index (χ2n) is 18.4. The van der Waals surface area contributed by atoms with Crippen molar-refractivity contribution in [2.75, 3.05) is 19.8 Å². The third kappa shape index (κ3) is 5.84. The Labute approximate surface area is 302 Å². The van der Waals surface area contributed by atoms with E-state index in [4.69, 9.17) is 18.9 Å². The largest absolute Gasteiger partial charge is 0.394 e. The number of allylic oxidation sites excluding steroid dienone is 1. The molecule has 8 aliphatic rings. The maximum Gasteiger partial charge on any atom is 0.187 e. The lowest BCUT2D eigenvalue weighted by Gasteiger charge is -2.58. The van der Waals surface area contributed by atoms with Gasteiger partial charge in [-0.3, -0.25) is 4.90 Å². The highest BCUT2D eigenvalue weighted by atomic mass is 16.7. The van der Waals surface area contributed by atoms with Gasteiger partial charge in [0.05, 0.1) is 19.3 Å². The van der Waals surface area contributed by atoms with E-state index in [1.807, 2.05) is 0 Å². The fraction of sp³-hybridized carbons (Fsp3) is 0.949. The van der Waals surface area contributed by atoms with E-state index in [0.717, 1.165) is 55.0 Å². The van der Waals surface area contributed by atoms with Crippen LogP contribution >= 0.6 is 0 Å². The van der Waals surface area contributed by atoms with Crippen molar-refractivity contribution in [3.8, 4) is 0 Å². The summed E-state index contributed by atoms with van der Waals surface area (Å²) in [6, 6.07) is 1.51. The van der Waals surface area contributed by atoms with E-state index in [1.54, 1.807) is 0 Å². The van der Waals surface area contributed by atoms with Crippen molar-refractivity contribution in [1.29, 1.82) is 0 Å². The summed E-state index contributed by atoms with van der Waals surface area (Å²) in [6.45, 7) is 10.2. The molecule has 8 rings (SSSR count). The van der Waals surface area contributed by atoms with Gasteiger partial charge in [-0.15, -0.1) is 0 Å². The molecule has 0 aromatic carbocycles. The van der Waals surface area contributed by atoms with Crippen LogP contribution in [0.3, 0.4) is 0 Å². The topological polar surface area (TPSA) is 182 Å². The Morgan fingerprint density at radius 1 is 0.784 bits per heavy atom. The first-order valence-electron chi connectivity index (χ1n) is 20.0. The van der Waals surface area contributed by atoms with E-state index in [1.165, 1.54) is 44.2 Å². The highest BCUT2D eigenvalue weighted by Gasteiger charge is 2.66. The molecule has 0 amide bonds. The van der Waals surface area contributed by atoms with Gasteiger partial charge in [-0.05, 0) is 104 Å². The Kier molecular flexibility index (Phi) is 10.0. The summed E-state index contributed by atoms with van der Waals surface area (Å²) in [6.07, 6.45) is -2.09. The average molecular weight is 722 g/mol. The summed E-state index contributed by atoms with van der Waals surface area (Å²) < 4.78 is 23.6. The van der Waals surface area contributed by atoms with Gasteiger partial charge in [-0.1, -0.05) is 39.3 Å². The van der Waals surface area contributed by atoms with Gasteiger partial charge in [-0.2, -0.15) is 0 Å². The molecule has 290 valence electrons. The SMILES string of the molecule is C[C@H]1CC[C@@H]2[C@@H](C)[C@H]3[C@H](C[C@H]4[C@@H]5CC=C6CC(O[C@@H]7O[C@H](CO)[C@H](O)[C@H](O[C@@H]8O[C@H](CO)[C@@H](O)[C@H](O)[C@H]8O)[C@H]7O)CC[C@]6(C)C5CC[C@]34C)N2C1. The predicted molar refractivity (Wildman–Crippen MR) is 184 cm³/mol. The van der Waals surface area contributed by atoms with E-state index in [-0.39, 0.29) is 11.5 Å². The third-order valence-corrected chi connectivity index (χ3v) is 16.0. The van der Waals surface area contributed by atoms with Crippen LogP contribution in [0.2, 0.25) is 0 Å². The van der Waals surface area contributed by atoms with E-state index in [0.29, 0.717) is 23.7 Å². The summed E-state index contributed by atoms with van der Waals surface area (Å²) in [5.74, 6) is 4.47. The second-order valence-corrected chi connectivity index (χ2v) is 18.4. The Morgan fingerprint density at radius 2 is 1.49 bits per heavy atom. The highest BCUT2D eigenvalue weighted by molar-refractivity contribution is 5.27. The van der Waals surface area contributed by atoms with Gasteiger partial charge in [0.1, 0.15) is 48.8 Å². The molecule has 0 radical (unpaired) electrons. The molecule has 4 aliphatic heterocycles. The molecule has 4 aliphatic carbocycles. The molecule has 51 heavy (non-hydrogen) atoms. The molecular weight excluding hydrogens is 658 g/mol. The van der Waals surface area contributed by atoms with Crippen LogP contribution in [0.15, 0.2) is 11.6 Å². The van der Waals surface area contributed by atoms with Gasteiger partial charge >= 0.3 is 0 Å². The fourth-order valence-corrected chi connectivity index (χ4v) is 13.3. The molecule has 4 heterocycles. The van der Waals surface area contributed by atoms with Crippen LogP contribution in [-0.2, 0) is 18.9 Å². The summed E-state index contributed by atoms with van der Waals surface area (Å²) >= 11 is 0. The number of hydrogen-bond acceptors (Lipinski definition) is 12. The van der Waals surface area contributed by atoms with Crippen molar-refractivity contribution in [2.24, 2.45) is 46.3 Å². The summed E-state index contributed by atoms with van der Waals surface area (Å²) in [7, 11) is 0. The van der Waals surface area contributed by atoms with Crippen molar-refractivity contribution in [1.82, 2.24) is 4.90 Å². The summed E-state index contributed by atoms with van der Waals surface area (Å²) in [5, 5.41) is 72.9. The van der Waals surface area contributed by atoms with E-state index < -0.39 is 74.6 Å². The average Bonchev–Trinajstić information content (AvgIpc) is 3.58. The highest BCUT2D eigenvalue weighted by Crippen LogP contribution is 2.70. The molecule has 0 bridgehead atoms. The van der Waals surface area contributed by atoms with Crippen LogP contribution in [0, 0.1) is 46.3 Å². The number of piperidine rings is 1. The van der Waals surface area contributed by atoms with Crippen LogP contribution in [0.25, 0.3) is 0 Å². The van der Waals surface area contributed by atoms with Gasteiger partial charge in [0.2, 0.25) is 0 Å². The van der Waals surface area contributed by atoms with Crippen molar-refractivity contribution in [3.63, 3.8) is 0 Å². The number of ether oxygens (including phenoxy) is 4. The molecule has 12 heteroatoms. The lowest BCUT2D eigenvalue weighted by atomic mass is 9.47. The van der Waals surface area contributed by atoms with Crippen LogP contribution in [0.1, 0.15) is 85.5 Å². The van der Waals surface area contributed by atoms with Crippen molar-refractivity contribution in [2.45, 2.75) is 165 Å². The minimum atomic E-state index is -1.72. The second kappa shape index (κ2) is 13.8. The first-order valence-corrected chi connectivity index (χ1v) is 20.0. The standard InChI is InChI=1S/C39H63NO11/c1-18-5-8-25-19(2)29-26(40(25)15-18)14-24-22-7-6-20-13-21(9-11-38(20,3)23(22)10-12-39(24,29)4)48-37-34(47)35(31(44)28(17-42)50-37)51-36-33(46)32(45)30(43)27(16-41)49-36/h6,18-19,21-37,41-47H,5,7-17H2,1-4H3/t18-,19+,21?,22+,23?,24-,25+,26-,27+,28+,29-,30+,31-,32-,33+,34+,35-,36-,37+,38-,39-/m0/s1. The van der Waals surface area contributed by atoms with Crippen molar-refractivity contribution >= 4 is 0 Å². The molecule has 3 saturated carbocycles. The maximum atomic E-state index is 11.4. The number of fused-ring (bicyclic) bond motifs is 9. The van der Waals surface area contributed by atoms with Crippen molar-refractivity contribution in [3.05, 3.63) is 11.6 Å². The molecule has 2 unspecified atom stereocenters. The number of aliphatic hydroxyl groups is 7. The molecule has 4 saturated heterocycles. The van der Waals surface area contributed by atoms with E-state index in [9.17, 15) is 35.7 Å². The fourth-order valence-electron chi connectivity index (χ4n) is 13.3. The van der Waals surface area contributed by atoms with Gasteiger partial charge in [0, 0.05) is 18.6 Å². The number of rotatable bonds is 6. The Hall–Kier alpha value is -0.740. The van der Waals surface area contributed by atoms with Gasteiger partial charge in [0.25, 0.3) is 0 Å². The number of hydrogen-bond donors (Lipinski definition) is 7. The Bertz CT molecular complexity index is 1300. The minimum Gasteiger partial charge on any atom is -0.394 e. The van der Waals surface area contributed by atoms with E-state index in [2.05, 4.69) is 38.7 Å². The molecule has 12 nitrogen and oxygen atoms in total. The summed E-state index contributed by atoms with van der Waals surface area (Å²) in [4.78, 5) is 2.96. The van der Waals surface area contributed by atoms with Crippen LogP contribution in [-0.4, -0.2) is 140 Å². The molecule has 0 aromatic rings. The first kappa shape index (κ1) is 37.2. The smallest absolute Gasteiger partial charge is 0.187 e. The van der Waals surface area contributed by atoms with Gasteiger partial charge in [0.15, 0.2) is 12.6 Å². The Morgan fingerprint density at radius 3 is 2.22 bits per heavy atom. The third-order valence-electron chi connectivity index (χ3n) is 16.0. The molecule has 7 fully saturated rings. The lowest BCUT2D eigenvalue weighted by Crippen LogP contribution is -2.65. The number of nitrogens with zero attached hydrogens (tertiary/aromatic N) is 1. The molecule has 7 N–H and O–H groups in total. The predicted octanol–water partition coefficient (Wildman–Crippen LogP) is 1.30. The monoisotopic (exact) mass is 721 g/mol. The van der Waals surface area contributed by atoms with Crippen LogP contribution < -0.4 is 0 Å². The summed E-state index contributed by atoms with van der Waals surface area (Å²) in [5.41, 5.74) is 1.93. The molecule has 0 spiro atoms. The molecule has 0 aromatic heterocycles. The molecular formula is C39H63NO11. The van der Waals surface area contributed by atoms with Crippen LogP contribution in [0.5, 0.6) is 0 Å².